The topological polar surface area (TPSA) is 12.5 Å². The number of ether oxygens (including phenoxy) is 1. The van der Waals surface area contributed by atoms with Crippen LogP contribution >= 0.6 is 0 Å². The maximum Gasteiger partial charge on any atom is 0.100 e. The van der Waals surface area contributed by atoms with Crippen LogP contribution in [0.4, 0.5) is 0 Å². The van der Waals surface area contributed by atoms with E-state index in [9.17, 15) is 0 Å². The van der Waals surface area contributed by atoms with Gasteiger partial charge in [-0.3, -0.25) is 4.90 Å². The molecule has 2 nitrogen and oxygen atoms in total. The predicted octanol–water partition coefficient (Wildman–Crippen LogP) is 4.58. The normalized spacial score (nSPS) is 38.5. The predicted molar refractivity (Wildman–Crippen MR) is 94.3 cm³/mol. The Morgan fingerprint density at radius 1 is 1.17 bits per heavy atom. The molecule has 0 aliphatic heterocycles. The van der Waals surface area contributed by atoms with E-state index in [4.69, 9.17) is 4.74 Å². The highest BCUT2D eigenvalue weighted by Crippen LogP contribution is 2.71. The number of rotatable bonds is 4. The minimum atomic E-state index is 0.131. The van der Waals surface area contributed by atoms with Crippen molar-refractivity contribution in [2.75, 3.05) is 20.7 Å². The van der Waals surface area contributed by atoms with Gasteiger partial charge >= 0.3 is 0 Å². The molecule has 2 saturated carbocycles. The molecule has 1 aromatic carbocycles. The van der Waals surface area contributed by atoms with Gasteiger partial charge in [0, 0.05) is 11.3 Å². The highest BCUT2D eigenvalue weighted by Gasteiger charge is 2.69. The second-order valence-electron chi connectivity index (χ2n) is 7.85. The molecule has 23 heavy (non-hydrogen) atoms. The molecule has 0 saturated heterocycles. The molecular weight excluding hydrogens is 282 g/mol. The molecule has 3 aliphatic carbocycles. The van der Waals surface area contributed by atoms with Gasteiger partial charge in [0.05, 0.1) is 12.1 Å². The van der Waals surface area contributed by atoms with Gasteiger partial charge in [-0.25, -0.2) is 0 Å². The zero-order valence-corrected chi connectivity index (χ0v) is 14.7. The quantitative estimate of drug-likeness (QED) is 0.806. The molecule has 0 aromatic heterocycles. The van der Waals surface area contributed by atoms with Crippen LogP contribution in [0.15, 0.2) is 42.2 Å². The van der Waals surface area contributed by atoms with E-state index >= 15 is 0 Å². The van der Waals surface area contributed by atoms with Crippen molar-refractivity contribution in [1.29, 1.82) is 0 Å². The van der Waals surface area contributed by atoms with Gasteiger partial charge in [0.15, 0.2) is 0 Å². The summed E-state index contributed by atoms with van der Waals surface area (Å²) in [6.45, 7) is 2.91. The van der Waals surface area contributed by atoms with Gasteiger partial charge in [-0.1, -0.05) is 43.2 Å². The Morgan fingerprint density at radius 2 is 1.96 bits per heavy atom. The Hall–Kier alpha value is -1.28. The molecule has 2 bridgehead atoms. The average molecular weight is 311 g/mol. The summed E-state index contributed by atoms with van der Waals surface area (Å²) in [5.74, 6) is 2.61. The van der Waals surface area contributed by atoms with Crippen molar-refractivity contribution in [2.45, 2.75) is 50.5 Å². The summed E-state index contributed by atoms with van der Waals surface area (Å²) in [5, 5.41) is 0. The van der Waals surface area contributed by atoms with Crippen LogP contribution in [0, 0.1) is 11.3 Å². The van der Waals surface area contributed by atoms with Gasteiger partial charge in [-0.2, -0.15) is 0 Å². The molecule has 124 valence electrons. The molecule has 1 aromatic rings. The van der Waals surface area contributed by atoms with Crippen LogP contribution in [0.3, 0.4) is 0 Å². The summed E-state index contributed by atoms with van der Waals surface area (Å²) in [4.78, 5) is 2.49. The number of hydrogen-bond donors (Lipinski definition) is 0. The van der Waals surface area contributed by atoms with E-state index in [0.717, 1.165) is 6.61 Å². The van der Waals surface area contributed by atoms with Gasteiger partial charge in [-0.15, -0.1) is 0 Å². The molecule has 0 heterocycles. The van der Waals surface area contributed by atoms with Crippen molar-refractivity contribution in [3.63, 3.8) is 0 Å². The van der Waals surface area contributed by atoms with Crippen LogP contribution in [0.25, 0.3) is 0 Å². The van der Waals surface area contributed by atoms with E-state index < -0.39 is 0 Å². The average Bonchev–Trinajstić information content (AvgIpc) is 3.03. The number of benzene rings is 1. The van der Waals surface area contributed by atoms with Crippen LogP contribution in [-0.4, -0.2) is 31.1 Å². The molecule has 2 heteroatoms. The van der Waals surface area contributed by atoms with E-state index in [-0.39, 0.29) is 5.54 Å². The molecule has 0 radical (unpaired) electrons. The lowest BCUT2D eigenvalue weighted by molar-refractivity contribution is 0.0570. The first-order valence-corrected chi connectivity index (χ1v) is 9.23. The van der Waals surface area contributed by atoms with Crippen LogP contribution < -0.4 is 0 Å². The summed E-state index contributed by atoms with van der Waals surface area (Å²) in [7, 11) is 4.54. The lowest BCUT2D eigenvalue weighted by Gasteiger charge is -2.44. The van der Waals surface area contributed by atoms with Crippen LogP contribution in [0.2, 0.25) is 0 Å². The fourth-order valence-electron chi connectivity index (χ4n) is 6.04. The fraction of sp³-hybridized carbons (Fsp3) is 0.619. The first-order chi connectivity index (χ1) is 11.1. The minimum absolute atomic E-state index is 0.131. The maximum atomic E-state index is 6.19. The fourth-order valence-corrected chi connectivity index (χ4v) is 6.04. The second-order valence-corrected chi connectivity index (χ2v) is 7.85. The van der Waals surface area contributed by atoms with Gasteiger partial charge < -0.3 is 4.74 Å². The molecular formula is C21H29NO. The van der Waals surface area contributed by atoms with Crippen molar-refractivity contribution in [3.8, 4) is 0 Å². The first kappa shape index (κ1) is 15.3. The Labute approximate surface area is 140 Å². The van der Waals surface area contributed by atoms with Crippen LogP contribution in [0.1, 0.15) is 50.5 Å². The molecule has 4 atom stereocenters. The molecule has 3 aliphatic rings. The van der Waals surface area contributed by atoms with Crippen molar-refractivity contribution in [3.05, 3.63) is 47.7 Å². The van der Waals surface area contributed by atoms with Gasteiger partial charge in [-0.05, 0) is 57.8 Å². The van der Waals surface area contributed by atoms with Crippen LogP contribution in [0.5, 0.6) is 0 Å². The first-order valence-electron chi connectivity index (χ1n) is 9.23. The summed E-state index contributed by atoms with van der Waals surface area (Å²) >= 11 is 0. The second kappa shape index (κ2) is 5.37. The van der Waals surface area contributed by atoms with E-state index in [2.05, 4.69) is 62.3 Å². The summed E-state index contributed by atoms with van der Waals surface area (Å²) in [6.07, 6.45) is 9.15. The van der Waals surface area contributed by atoms with Crippen LogP contribution in [-0.2, 0) is 4.74 Å². The van der Waals surface area contributed by atoms with Crippen molar-refractivity contribution in [2.24, 2.45) is 11.3 Å². The number of allylic oxidation sites excluding steroid dienone is 1. The Bertz CT molecular complexity index is 608. The number of nitrogens with zero attached hydrogens (tertiary/aromatic N) is 1. The largest absolute Gasteiger partial charge is 0.498 e. The summed E-state index contributed by atoms with van der Waals surface area (Å²) < 4.78 is 6.19. The monoisotopic (exact) mass is 311 g/mol. The van der Waals surface area contributed by atoms with E-state index in [1.807, 2.05) is 0 Å². The SMILES string of the molecule is CCOC1=C[C@]2(N(C)C)[C@@H](c3ccccc3)C[C@]13CCCC[C@@H]32. The smallest absolute Gasteiger partial charge is 0.100 e. The third kappa shape index (κ3) is 1.91. The molecule has 4 rings (SSSR count). The van der Waals surface area contributed by atoms with Gasteiger partial charge in [0.25, 0.3) is 0 Å². The molecule has 0 N–H and O–H groups in total. The van der Waals surface area contributed by atoms with Crippen molar-refractivity contribution < 1.29 is 4.74 Å². The van der Waals surface area contributed by atoms with E-state index in [1.54, 1.807) is 0 Å². The summed E-state index contributed by atoms with van der Waals surface area (Å²) in [6, 6.07) is 11.2. The lowest BCUT2D eigenvalue weighted by Crippen LogP contribution is -2.49. The Morgan fingerprint density at radius 3 is 2.65 bits per heavy atom. The zero-order chi connectivity index (χ0) is 16.1. The van der Waals surface area contributed by atoms with Gasteiger partial charge in [0.2, 0.25) is 0 Å². The minimum Gasteiger partial charge on any atom is -0.498 e. The highest BCUT2D eigenvalue weighted by atomic mass is 16.5. The third-order valence-corrected chi connectivity index (χ3v) is 6.85. The number of likely N-dealkylation sites (N-methyl/N-ethyl adjacent to an activating group) is 1. The molecule has 2 fully saturated rings. The lowest BCUT2D eigenvalue weighted by atomic mass is 9.67. The standard InChI is InChI=1S/C21H29NO/c1-4-23-19-15-21(22(2)3)17(16-10-6-5-7-11-16)14-20(19)13-9-8-12-18(20)21/h5-7,10-11,15,17-18H,4,8-9,12-14H2,1-3H3/t17-,18+,20+,21+/m1/s1. The van der Waals surface area contributed by atoms with E-state index in [1.165, 1.54) is 43.4 Å². The van der Waals surface area contributed by atoms with E-state index in [0.29, 0.717) is 17.3 Å². The highest BCUT2D eigenvalue weighted by molar-refractivity contribution is 5.44. The van der Waals surface area contributed by atoms with Crippen molar-refractivity contribution in [1.82, 2.24) is 4.90 Å². The van der Waals surface area contributed by atoms with Gasteiger partial charge in [0.1, 0.15) is 5.76 Å². The zero-order valence-electron chi connectivity index (χ0n) is 14.7. The Kier molecular flexibility index (Phi) is 3.57. The maximum absolute atomic E-state index is 6.19. The molecule has 0 unspecified atom stereocenters. The number of hydrogen-bond acceptors (Lipinski definition) is 2. The van der Waals surface area contributed by atoms with Crippen molar-refractivity contribution >= 4 is 0 Å². The third-order valence-electron chi connectivity index (χ3n) is 6.85. The molecule has 0 amide bonds. The Balaban J connectivity index is 1.86. The molecule has 0 spiro atoms. The summed E-state index contributed by atoms with van der Waals surface area (Å²) in [5.41, 5.74) is 1.92.